The van der Waals surface area contributed by atoms with Crippen LogP contribution < -0.4 is 5.32 Å². The topological polar surface area (TPSA) is 24.9 Å². The molecule has 0 atom stereocenters. The van der Waals surface area contributed by atoms with Gasteiger partial charge in [-0.05, 0) is 58.8 Å². The third-order valence-corrected chi connectivity index (χ3v) is 4.02. The van der Waals surface area contributed by atoms with Crippen LogP contribution in [0.2, 0.25) is 0 Å². The lowest BCUT2D eigenvalue weighted by Crippen LogP contribution is -2.35. The molecule has 3 heteroatoms. The van der Waals surface area contributed by atoms with Crippen molar-refractivity contribution in [2.24, 2.45) is 5.41 Å². The lowest BCUT2D eigenvalue weighted by atomic mass is 9.77. The Morgan fingerprint density at radius 2 is 1.94 bits per heavy atom. The summed E-state index contributed by atoms with van der Waals surface area (Å²) in [5, 5.41) is 3.49. The van der Waals surface area contributed by atoms with E-state index in [9.17, 15) is 0 Å². The van der Waals surface area contributed by atoms with Crippen LogP contribution in [0.3, 0.4) is 0 Å². The van der Waals surface area contributed by atoms with Gasteiger partial charge < -0.3 is 5.32 Å². The van der Waals surface area contributed by atoms with Gasteiger partial charge in [-0.2, -0.15) is 0 Å². The van der Waals surface area contributed by atoms with E-state index in [1.807, 2.05) is 12.4 Å². The van der Waals surface area contributed by atoms with Crippen molar-refractivity contribution in [2.75, 3.05) is 13.1 Å². The zero-order valence-corrected chi connectivity index (χ0v) is 12.7. The first-order valence-corrected chi connectivity index (χ1v) is 7.25. The molecule has 0 aromatic carbocycles. The second-order valence-electron chi connectivity index (χ2n) is 4.68. The number of aromatic nitrogens is 1. The maximum Gasteiger partial charge on any atom is 0.0410 e. The molecular formula is C14H23BrN2. The minimum atomic E-state index is 0.360. The molecule has 0 aliphatic heterocycles. The van der Waals surface area contributed by atoms with Crippen LogP contribution in [0.25, 0.3) is 0 Å². The number of rotatable bonds is 7. The van der Waals surface area contributed by atoms with E-state index in [1.54, 1.807) is 0 Å². The van der Waals surface area contributed by atoms with Gasteiger partial charge in [-0.25, -0.2) is 0 Å². The van der Waals surface area contributed by atoms with Gasteiger partial charge in [0.2, 0.25) is 0 Å². The summed E-state index contributed by atoms with van der Waals surface area (Å²) < 4.78 is 1.07. The molecular weight excluding hydrogens is 276 g/mol. The second kappa shape index (κ2) is 7.12. The molecule has 17 heavy (non-hydrogen) atoms. The lowest BCUT2D eigenvalue weighted by Gasteiger charge is -2.32. The molecule has 0 saturated carbocycles. The Morgan fingerprint density at radius 1 is 1.24 bits per heavy atom. The van der Waals surface area contributed by atoms with E-state index in [-0.39, 0.29) is 0 Å². The van der Waals surface area contributed by atoms with Crippen LogP contribution in [0.4, 0.5) is 0 Å². The van der Waals surface area contributed by atoms with Crippen molar-refractivity contribution in [1.82, 2.24) is 10.3 Å². The Morgan fingerprint density at radius 3 is 2.47 bits per heavy atom. The Bertz CT molecular complexity index is 335. The largest absolute Gasteiger partial charge is 0.316 e. The van der Waals surface area contributed by atoms with Crippen LogP contribution >= 0.6 is 15.9 Å². The van der Waals surface area contributed by atoms with Gasteiger partial charge in [0.15, 0.2) is 0 Å². The fraction of sp³-hybridized carbons (Fsp3) is 0.643. The summed E-state index contributed by atoms with van der Waals surface area (Å²) >= 11 is 3.49. The first-order chi connectivity index (χ1) is 8.15. The van der Waals surface area contributed by atoms with E-state index in [0.717, 1.165) is 24.0 Å². The molecule has 1 aromatic heterocycles. The van der Waals surface area contributed by atoms with E-state index >= 15 is 0 Å². The summed E-state index contributed by atoms with van der Waals surface area (Å²) in [7, 11) is 0. The van der Waals surface area contributed by atoms with Gasteiger partial charge in [-0.15, -0.1) is 0 Å². The first-order valence-electron chi connectivity index (χ1n) is 6.46. The Kier molecular flexibility index (Phi) is 6.14. The molecule has 0 radical (unpaired) electrons. The number of nitrogens with one attached hydrogen (secondary N) is 1. The summed E-state index contributed by atoms with van der Waals surface area (Å²) in [5.41, 5.74) is 1.68. The number of pyridine rings is 1. The Hall–Kier alpha value is -0.410. The zero-order valence-electron chi connectivity index (χ0n) is 11.1. The van der Waals surface area contributed by atoms with Gasteiger partial charge in [-0.1, -0.05) is 20.8 Å². The molecule has 0 aliphatic carbocycles. The lowest BCUT2D eigenvalue weighted by molar-refractivity contribution is 0.248. The monoisotopic (exact) mass is 298 g/mol. The van der Waals surface area contributed by atoms with E-state index in [1.165, 1.54) is 18.4 Å². The van der Waals surface area contributed by atoms with Crippen molar-refractivity contribution in [3.05, 3.63) is 28.5 Å². The van der Waals surface area contributed by atoms with Gasteiger partial charge in [0.05, 0.1) is 0 Å². The van der Waals surface area contributed by atoms with Crippen molar-refractivity contribution >= 4 is 15.9 Å². The molecule has 0 unspecified atom stereocenters. The average molecular weight is 299 g/mol. The third-order valence-electron chi connectivity index (χ3n) is 3.59. The number of halogens is 1. The predicted molar refractivity (Wildman–Crippen MR) is 77.2 cm³/mol. The molecule has 1 rings (SSSR count). The van der Waals surface area contributed by atoms with Gasteiger partial charge in [0, 0.05) is 23.4 Å². The minimum absolute atomic E-state index is 0.360. The number of hydrogen-bond donors (Lipinski definition) is 1. The third kappa shape index (κ3) is 4.40. The highest BCUT2D eigenvalue weighted by Crippen LogP contribution is 2.30. The molecule has 0 saturated heterocycles. The standard InChI is InChI=1S/C14H23BrN2/c1-4-14(5-2,11-16-6-3)8-12-7-13(15)10-17-9-12/h7,9-10,16H,4-6,8,11H2,1-3H3. The highest BCUT2D eigenvalue weighted by Gasteiger charge is 2.26. The van der Waals surface area contributed by atoms with Crippen molar-refractivity contribution in [3.63, 3.8) is 0 Å². The molecule has 1 aromatic rings. The smallest absolute Gasteiger partial charge is 0.0410 e. The summed E-state index contributed by atoms with van der Waals surface area (Å²) in [6.45, 7) is 8.86. The van der Waals surface area contributed by atoms with Gasteiger partial charge >= 0.3 is 0 Å². The molecule has 0 fully saturated rings. The molecule has 1 N–H and O–H groups in total. The van der Waals surface area contributed by atoms with Gasteiger partial charge in [0.25, 0.3) is 0 Å². The number of hydrogen-bond acceptors (Lipinski definition) is 2. The normalized spacial score (nSPS) is 11.8. The van der Waals surface area contributed by atoms with E-state index < -0.39 is 0 Å². The molecule has 1 heterocycles. The maximum absolute atomic E-state index is 4.25. The fourth-order valence-electron chi connectivity index (χ4n) is 2.19. The highest BCUT2D eigenvalue weighted by molar-refractivity contribution is 9.10. The average Bonchev–Trinajstić information content (AvgIpc) is 2.35. The van der Waals surface area contributed by atoms with Crippen LogP contribution in [-0.2, 0) is 6.42 Å². The summed E-state index contributed by atoms with van der Waals surface area (Å²) in [6, 6.07) is 2.18. The molecule has 0 bridgehead atoms. The Labute approximate surface area is 113 Å². The molecule has 96 valence electrons. The minimum Gasteiger partial charge on any atom is -0.316 e. The van der Waals surface area contributed by atoms with Gasteiger partial charge in [-0.3, -0.25) is 4.98 Å². The SMILES string of the molecule is CCNCC(CC)(CC)Cc1cncc(Br)c1. The summed E-state index contributed by atoms with van der Waals surface area (Å²) in [5.74, 6) is 0. The van der Waals surface area contributed by atoms with Gasteiger partial charge in [0.1, 0.15) is 0 Å². The van der Waals surface area contributed by atoms with Crippen LogP contribution in [-0.4, -0.2) is 18.1 Å². The van der Waals surface area contributed by atoms with Crippen LogP contribution in [0.5, 0.6) is 0 Å². The van der Waals surface area contributed by atoms with Crippen molar-refractivity contribution in [2.45, 2.75) is 40.0 Å². The maximum atomic E-state index is 4.25. The Balaban J connectivity index is 2.78. The summed E-state index contributed by atoms with van der Waals surface area (Å²) in [6.07, 6.45) is 7.32. The van der Waals surface area contributed by atoms with Crippen molar-refractivity contribution < 1.29 is 0 Å². The van der Waals surface area contributed by atoms with E-state index in [0.29, 0.717) is 5.41 Å². The summed E-state index contributed by atoms with van der Waals surface area (Å²) in [4.78, 5) is 4.25. The molecule has 0 spiro atoms. The highest BCUT2D eigenvalue weighted by atomic mass is 79.9. The number of nitrogens with zero attached hydrogens (tertiary/aromatic N) is 1. The van der Waals surface area contributed by atoms with Crippen LogP contribution in [0.1, 0.15) is 39.2 Å². The second-order valence-corrected chi connectivity index (χ2v) is 5.59. The van der Waals surface area contributed by atoms with Crippen molar-refractivity contribution in [1.29, 1.82) is 0 Å². The van der Waals surface area contributed by atoms with E-state index in [2.05, 4.69) is 53.1 Å². The van der Waals surface area contributed by atoms with Crippen LogP contribution in [0.15, 0.2) is 22.9 Å². The quantitative estimate of drug-likeness (QED) is 0.828. The first kappa shape index (κ1) is 14.7. The molecule has 2 nitrogen and oxygen atoms in total. The van der Waals surface area contributed by atoms with Crippen molar-refractivity contribution in [3.8, 4) is 0 Å². The molecule has 0 amide bonds. The molecule has 0 aliphatic rings. The van der Waals surface area contributed by atoms with E-state index in [4.69, 9.17) is 0 Å². The predicted octanol–water partition coefficient (Wildman–Crippen LogP) is 3.80. The fourth-order valence-corrected chi connectivity index (χ4v) is 2.60. The van der Waals surface area contributed by atoms with Crippen LogP contribution in [0, 0.1) is 5.41 Å². The zero-order chi connectivity index (χ0) is 12.7.